The van der Waals surface area contributed by atoms with Gasteiger partial charge in [-0.1, -0.05) is 17.3 Å². The number of para-hydroxylation sites is 1. The summed E-state index contributed by atoms with van der Waals surface area (Å²) in [5.74, 6) is -1.80. The van der Waals surface area contributed by atoms with E-state index in [0.29, 0.717) is 17.1 Å². The van der Waals surface area contributed by atoms with Gasteiger partial charge in [0.15, 0.2) is 23.1 Å². The normalized spacial score (nSPS) is 13.9. The molecule has 3 aromatic rings. The number of rotatable bonds is 4. The second-order valence-electron chi connectivity index (χ2n) is 6.99. The molecule has 1 fully saturated rings. The van der Waals surface area contributed by atoms with E-state index in [2.05, 4.69) is 5.16 Å². The first kappa shape index (κ1) is 20.5. The van der Waals surface area contributed by atoms with Crippen molar-refractivity contribution in [3.05, 3.63) is 71.4 Å². The van der Waals surface area contributed by atoms with E-state index >= 15 is 0 Å². The van der Waals surface area contributed by atoms with Crippen molar-refractivity contribution in [2.45, 2.75) is 0 Å². The van der Waals surface area contributed by atoms with Crippen molar-refractivity contribution in [1.82, 2.24) is 15.0 Å². The smallest absolute Gasteiger partial charge is 0.276 e. The van der Waals surface area contributed by atoms with E-state index in [4.69, 9.17) is 9.26 Å². The van der Waals surface area contributed by atoms with Crippen molar-refractivity contribution in [3.63, 3.8) is 0 Å². The predicted molar refractivity (Wildman–Crippen MR) is 107 cm³/mol. The summed E-state index contributed by atoms with van der Waals surface area (Å²) in [5, 5.41) is 3.88. The molecule has 0 atom stereocenters. The zero-order chi connectivity index (χ0) is 22.0. The molecule has 0 bridgehead atoms. The molecule has 7 nitrogen and oxygen atoms in total. The molecule has 4 rings (SSSR count). The largest absolute Gasteiger partial charge is 0.496 e. The van der Waals surface area contributed by atoms with Gasteiger partial charge in [0.2, 0.25) is 0 Å². The number of amides is 2. The highest BCUT2D eigenvalue weighted by molar-refractivity contribution is 5.95. The number of piperazine rings is 1. The summed E-state index contributed by atoms with van der Waals surface area (Å²) >= 11 is 0. The van der Waals surface area contributed by atoms with Crippen LogP contribution in [0.2, 0.25) is 0 Å². The van der Waals surface area contributed by atoms with Gasteiger partial charge in [0.1, 0.15) is 5.75 Å². The number of halogens is 2. The fraction of sp³-hybridized carbons (Fsp3) is 0.227. The molecule has 1 aliphatic rings. The van der Waals surface area contributed by atoms with E-state index in [1.165, 1.54) is 11.0 Å². The first-order valence-electron chi connectivity index (χ1n) is 9.61. The van der Waals surface area contributed by atoms with Crippen LogP contribution in [-0.4, -0.2) is 60.1 Å². The van der Waals surface area contributed by atoms with Crippen LogP contribution in [0.15, 0.2) is 53.1 Å². The third-order valence-corrected chi connectivity index (χ3v) is 5.12. The van der Waals surface area contributed by atoms with Crippen LogP contribution in [0, 0.1) is 11.6 Å². The van der Waals surface area contributed by atoms with Crippen molar-refractivity contribution < 1.29 is 27.6 Å². The second-order valence-corrected chi connectivity index (χ2v) is 6.99. The SMILES string of the molecule is COc1ccccc1-c1cc(C(=O)N2CCN(C(=O)c3ccc(F)c(F)c3)CC2)no1. The first-order valence-corrected chi connectivity index (χ1v) is 9.61. The lowest BCUT2D eigenvalue weighted by Gasteiger charge is -2.34. The highest BCUT2D eigenvalue weighted by Gasteiger charge is 2.28. The van der Waals surface area contributed by atoms with Crippen LogP contribution in [0.4, 0.5) is 8.78 Å². The topological polar surface area (TPSA) is 75.9 Å². The van der Waals surface area contributed by atoms with Gasteiger partial charge in [0.05, 0.1) is 12.7 Å². The number of aromatic nitrogens is 1. The average Bonchev–Trinajstić information content (AvgIpc) is 3.30. The van der Waals surface area contributed by atoms with E-state index in [1.807, 2.05) is 12.1 Å². The van der Waals surface area contributed by atoms with Gasteiger partial charge >= 0.3 is 0 Å². The Morgan fingerprint density at radius 3 is 2.29 bits per heavy atom. The zero-order valence-corrected chi connectivity index (χ0v) is 16.7. The molecule has 0 aliphatic carbocycles. The molecule has 1 aromatic heterocycles. The molecule has 2 heterocycles. The summed E-state index contributed by atoms with van der Waals surface area (Å²) in [7, 11) is 1.54. The monoisotopic (exact) mass is 427 g/mol. The average molecular weight is 427 g/mol. The van der Waals surface area contributed by atoms with Gasteiger partial charge in [-0.3, -0.25) is 9.59 Å². The van der Waals surface area contributed by atoms with Crippen LogP contribution in [0.3, 0.4) is 0 Å². The summed E-state index contributed by atoms with van der Waals surface area (Å²) in [6.45, 7) is 1.10. The highest BCUT2D eigenvalue weighted by Crippen LogP contribution is 2.30. The predicted octanol–water partition coefficient (Wildman–Crippen LogP) is 3.23. The minimum atomic E-state index is -1.07. The summed E-state index contributed by atoms with van der Waals surface area (Å²) in [6.07, 6.45) is 0. The minimum absolute atomic E-state index is 0.0663. The maximum absolute atomic E-state index is 13.4. The van der Waals surface area contributed by atoms with Gasteiger partial charge in [-0.05, 0) is 30.3 Å². The van der Waals surface area contributed by atoms with Crippen LogP contribution in [0.5, 0.6) is 5.75 Å². The number of ether oxygens (including phenoxy) is 1. The van der Waals surface area contributed by atoms with Crippen molar-refractivity contribution in [1.29, 1.82) is 0 Å². The van der Waals surface area contributed by atoms with Crippen LogP contribution in [0.25, 0.3) is 11.3 Å². The van der Waals surface area contributed by atoms with Crippen molar-refractivity contribution in [2.24, 2.45) is 0 Å². The molecule has 0 unspecified atom stereocenters. The maximum atomic E-state index is 13.4. The van der Waals surface area contributed by atoms with E-state index < -0.39 is 17.5 Å². The van der Waals surface area contributed by atoms with E-state index in [1.54, 1.807) is 30.2 Å². The number of carbonyl (C=O) groups excluding carboxylic acids is 2. The lowest BCUT2D eigenvalue weighted by atomic mass is 10.1. The van der Waals surface area contributed by atoms with Crippen LogP contribution >= 0.6 is 0 Å². The molecule has 0 radical (unpaired) electrons. The maximum Gasteiger partial charge on any atom is 0.276 e. The number of methoxy groups -OCH3 is 1. The number of hydrogen-bond acceptors (Lipinski definition) is 5. The zero-order valence-electron chi connectivity index (χ0n) is 16.7. The lowest BCUT2D eigenvalue weighted by Crippen LogP contribution is -2.50. The molecular weight excluding hydrogens is 408 g/mol. The summed E-state index contributed by atoms with van der Waals surface area (Å²) in [5.41, 5.74) is 0.899. The molecule has 0 saturated carbocycles. The summed E-state index contributed by atoms with van der Waals surface area (Å²) in [6, 6.07) is 11.8. The second kappa shape index (κ2) is 8.55. The molecule has 0 N–H and O–H groups in total. The lowest BCUT2D eigenvalue weighted by molar-refractivity contribution is 0.0529. The Morgan fingerprint density at radius 1 is 0.935 bits per heavy atom. The van der Waals surface area contributed by atoms with E-state index in [9.17, 15) is 18.4 Å². The van der Waals surface area contributed by atoms with Gasteiger partial charge in [-0.15, -0.1) is 0 Å². The number of nitrogens with zero attached hydrogens (tertiary/aromatic N) is 3. The fourth-order valence-electron chi connectivity index (χ4n) is 3.44. The van der Waals surface area contributed by atoms with Crippen LogP contribution in [0.1, 0.15) is 20.8 Å². The minimum Gasteiger partial charge on any atom is -0.496 e. The van der Waals surface area contributed by atoms with Gasteiger partial charge in [-0.2, -0.15) is 0 Å². The Balaban J connectivity index is 1.41. The number of carbonyl (C=O) groups is 2. The third kappa shape index (κ3) is 4.11. The number of benzene rings is 2. The molecule has 1 saturated heterocycles. The Bertz CT molecular complexity index is 1120. The summed E-state index contributed by atoms with van der Waals surface area (Å²) in [4.78, 5) is 28.4. The molecule has 160 valence electrons. The van der Waals surface area contributed by atoms with Crippen molar-refractivity contribution in [3.8, 4) is 17.1 Å². The van der Waals surface area contributed by atoms with Crippen LogP contribution < -0.4 is 4.74 Å². The van der Waals surface area contributed by atoms with Gasteiger partial charge in [0, 0.05) is 37.8 Å². The van der Waals surface area contributed by atoms with Crippen molar-refractivity contribution >= 4 is 11.8 Å². The van der Waals surface area contributed by atoms with Gasteiger partial charge in [-0.25, -0.2) is 8.78 Å². The van der Waals surface area contributed by atoms with Gasteiger partial charge in [0.25, 0.3) is 11.8 Å². The Morgan fingerprint density at radius 2 is 1.61 bits per heavy atom. The first-order chi connectivity index (χ1) is 15.0. The Labute approximate surface area is 176 Å². The van der Waals surface area contributed by atoms with E-state index in [0.717, 1.165) is 12.1 Å². The molecular formula is C22H19F2N3O4. The Hall–Kier alpha value is -3.75. The molecule has 31 heavy (non-hydrogen) atoms. The molecule has 1 aliphatic heterocycles. The molecule has 0 spiro atoms. The molecule has 9 heteroatoms. The highest BCUT2D eigenvalue weighted by atomic mass is 19.2. The molecule has 2 amide bonds. The number of hydrogen-bond donors (Lipinski definition) is 0. The third-order valence-electron chi connectivity index (χ3n) is 5.12. The fourth-order valence-corrected chi connectivity index (χ4v) is 3.44. The van der Waals surface area contributed by atoms with Gasteiger partial charge < -0.3 is 19.1 Å². The van der Waals surface area contributed by atoms with Crippen molar-refractivity contribution in [2.75, 3.05) is 33.3 Å². The quantitative estimate of drug-likeness (QED) is 0.639. The summed E-state index contributed by atoms with van der Waals surface area (Å²) < 4.78 is 37.1. The van der Waals surface area contributed by atoms with E-state index in [-0.39, 0.29) is 43.3 Å². The van der Waals surface area contributed by atoms with Crippen LogP contribution in [-0.2, 0) is 0 Å². The Kier molecular flexibility index (Phi) is 5.66. The standard InChI is InChI=1S/C22H19F2N3O4/c1-30-19-5-3-2-4-15(19)20-13-18(25-31-20)22(29)27-10-8-26(9-11-27)21(28)14-6-7-16(23)17(24)12-14/h2-7,12-13H,8-11H2,1H3. The molecule has 2 aromatic carbocycles.